The van der Waals surface area contributed by atoms with Crippen molar-refractivity contribution in [3.05, 3.63) is 48.5 Å². The van der Waals surface area contributed by atoms with Gasteiger partial charge in [0.05, 0.1) is 6.61 Å². The standard InChI is InChI=1S/C20H27N3O2/c1-2-22-14-12-21-20(22)17-8-6-13-23(16-17)19(24)11-7-15-25-18-9-4-3-5-10-18/h3-5,9-10,12,14,17H,2,6-8,11,13,15-16H2,1H3/t17-/m0/s1. The summed E-state index contributed by atoms with van der Waals surface area (Å²) in [4.78, 5) is 19.0. The van der Waals surface area contributed by atoms with Gasteiger partial charge in [0.15, 0.2) is 0 Å². The minimum absolute atomic E-state index is 0.232. The Hall–Kier alpha value is -2.30. The predicted octanol–water partition coefficient (Wildman–Crippen LogP) is 3.47. The Morgan fingerprint density at radius 3 is 2.96 bits per heavy atom. The van der Waals surface area contributed by atoms with Gasteiger partial charge >= 0.3 is 0 Å². The van der Waals surface area contributed by atoms with Crippen molar-refractivity contribution in [2.45, 2.75) is 45.1 Å². The van der Waals surface area contributed by atoms with E-state index >= 15 is 0 Å². The molecule has 5 nitrogen and oxygen atoms in total. The molecule has 2 aromatic rings. The van der Waals surface area contributed by atoms with E-state index in [2.05, 4.69) is 16.5 Å². The van der Waals surface area contributed by atoms with Gasteiger partial charge in [-0.1, -0.05) is 18.2 Å². The molecule has 0 saturated carbocycles. The molecule has 0 N–H and O–H groups in total. The van der Waals surface area contributed by atoms with E-state index in [0.29, 0.717) is 18.9 Å². The SMILES string of the molecule is CCn1ccnc1[C@H]1CCCN(C(=O)CCCOc2ccccc2)C1. The van der Waals surface area contributed by atoms with E-state index < -0.39 is 0 Å². The van der Waals surface area contributed by atoms with Crippen LogP contribution in [0.25, 0.3) is 0 Å². The summed E-state index contributed by atoms with van der Waals surface area (Å²) in [5.41, 5.74) is 0. The number of carbonyl (C=O) groups is 1. The van der Waals surface area contributed by atoms with Crippen LogP contribution in [0.5, 0.6) is 5.75 Å². The molecule has 25 heavy (non-hydrogen) atoms. The molecule has 1 atom stereocenters. The first-order valence-corrected chi connectivity index (χ1v) is 9.24. The molecule has 1 fully saturated rings. The third-order valence-corrected chi connectivity index (χ3v) is 4.77. The fraction of sp³-hybridized carbons (Fsp3) is 0.500. The lowest BCUT2D eigenvalue weighted by Crippen LogP contribution is -2.39. The first-order chi connectivity index (χ1) is 12.3. The lowest BCUT2D eigenvalue weighted by atomic mass is 9.96. The van der Waals surface area contributed by atoms with Gasteiger partial charge in [0.25, 0.3) is 0 Å². The van der Waals surface area contributed by atoms with Crippen LogP contribution in [-0.2, 0) is 11.3 Å². The van der Waals surface area contributed by atoms with Crippen LogP contribution in [0.3, 0.4) is 0 Å². The molecule has 1 aliphatic rings. The number of ether oxygens (including phenoxy) is 1. The molecule has 0 unspecified atom stereocenters. The Morgan fingerprint density at radius 2 is 2.16 bits per heavy atom. The second kappa shape index (κ2) is 8.70. The van der Waals surface area contributed by atoms with Gasteiger partial charge < -0.3 is 14.2 Å². The molecule has 5 heteroatoms. The average Bonchev–Trinajstić information content (AvgIpc) is 3.15. The van der Waals surface area contributed by atoms with Crippen molar-refractivity contribution in [3.8, 4) is 5.75 Å². The van der Waals surface area contributed by atoms with Crippen molar-refractivity contribution < 1.29 is 9.53 Å². The van der Waals surface area contributed by atoms with E-state index in [1.807, 2.05) is 47.6 Å². The summed E-state index contributed by atoms with van der Waals surface area (Å²) >= 11 is 0. The first-order valence-electron chi connectivity index (χ1n) is 9.24. The maximum absolute atomic E-state index is 12.5. The Bertz CT molecular complexity index is 669. The molecule has 0 bridgehead atoms. The fourth-order valence-electron chi connectivity index (χ4n) is 3.45. The number of likely N-dealkylation sites (tertiary alicyclic amines) is 1. The maximum Gasteiger partial charge on any atom is 0.222 e. The minimum Gasteiger partial charge on any atom is -0.494 e. The number of carbonyl (C=O) groups excluding carboxylic acids is 1. The zero-order valence-electron chi connectivity index (χ0n) is 14.9. The summed E-state index contributed by atoms with van der Waals surface area (Å²) in [6, 6.07) is 9.75. The number of benzene rings is 1. The van der Waals surface area contributed by atoms with Crippen LogP contribution >= 0.6 is 0 Å². The number of rotatable bonds is 7. The summed E-state index contributed by atoms with van der Waals surface area (Å²) in [7, 11) is 0. The van der Waals surface area contributed by atoms with Gasteiger partial charge in [-0.3, -0.25) is 4.79 Å². The number of nitrogens with zero attached hydrogens (tertiary/aromatic N) is 3. The van der Waals surface area contributed by atoms with E-state index in [1.54, 1.807) is 0 Å². The highest BCUT2D eigenvalue weighted by Crippen LogP contribution is 2.26. The first kappa shape index (κ1) is 17.5. The maximum atomic E-state index is 12.5. The van der Waals surface area contributed by atoms with Crippen LogP contribution in [0.1, 0.15) is 44.3 Å². The summed E-state index contributed by atoms with van der Waals surface area (Å²) in [6.45, 7) is 5.28. The predicted molar refractivity (Wildman–Crippen MR) is 97.6 cm³/mol. The van der Waals surface area contributed by atoms with Crippen molar-refractivity contribution in [1.82, 2.24) is 14.5 Å². The second-order valence-electron chi connectivity index (χ2n) is 6.52. The number of imidazole rings is 1. The summed E-state index contributed by atoms with van der Waals surface area (Å²) in [6.07, 6.45) is 7.34. The smallest absolute Gasteiger partial charge is 0.222 e. The molecule has 3 rings (SSSR count). The Kier molecular flexibility index (Phi) is 6.09. The van der Waals surface area contributed by atoms with E-state index in [0.717, 1.165) is 50.5 Å². The normalized spacial score (nSPS) is 17.5. The monoisotopic (exact) mass is 341 g/mol. The van der Waals surface area contributed by atoms with Crippen molar-refractivity contribution in [3.63, 3.8) is 0 Å². The Morgan fingerprint density at radius 1 is 1.32 bits per heavy atom. The molecular weight excluding hydrogens is 314 g/mol. The average molecular weight is 341 g/mol. The molecule has 1 aromatic carbocycles. The number of para-hydroxylation sites is 1. The van der Waals surface area contributed by atoms with Gasteiger partial charge in [0, 0.05) is 44.4 Å². The highest BCUT2D eigenvalue weighted by Gasteiger charge is 2.26. The summed E-state index contributed by atoms with van der Waals surface area (Å²) in [5, 5.41) is 0. The topological polar surface area (TPSA) is 47.4 Å². The number of hydrogen-bond acceptors (Lipinski definition) is 3. The van der Waals surface area contributed by atoms with E-state index in [1.165, 1.54) is 0 Å². The number of aryl methyl sites for hydroxylation is 1. The number of hydrogen-bond donors (Lipinski definition) is 0. The molecule has 1 aromatic heterocycles. The number of aromatic nitrogens is 2. The summed E-state index contributed by atoms with van der Waals surface area (Å²) in [5.74, 6) is 2.57. The van der Waals surface area contributed by atoms with Crippen molar-refractivity contribution in [1.29, 1.82) is 0 Å². The van der Waals surface area contributed by atoms with E-state index in [4.69, 9.17) is 4.74 Å². The van der Waals surface area contributed by atoms with Gasteiger partial charge in [-0.25, -0.2) is 4.98 Å². The molecule has 134 valence electrons. The van der Waals surface area contributed by atoms with Gasteiger partial charge in [0.1, 0.15) is 11.6 Å². The van der Waals surface area contributed by atoms with Crippen molar-refractivity contribution in [2.24, 2.45) is 0 Å². The lowest BCUT2D eigenvalue weighted by molar-refractivity contribution is -0.132. The summed E-state index contributed by atoms with van der Waals surface area (Å²) < 4.78 is 7.86. The quantitative estimate of drug-likeness (QED) is 0.725. The molecule has 1 saturated heterocycles. The van der Waals surface area contributed by atoms with Crippen LogP contribution in [0.2, 0.25) is 0 Å². The third-order valence-electron chi connectivity index (χ3n) is 4.77. The number of piperidine rings is 1. The zero-order chi connectivity index (χ0) is 17.5. The molecule has 0 aliphatic carbocycles. The van der Waals surface area contributed by atoms with Crippen LogP contribution in [0.4, 0.5) is 0 Å². The fourth-order valence-corrected chi connectivity index (χ4v) is 3.45. The van der Waals surface area contributed by atoms with E-state index in [-0.39, 0.29) is 5.91 Å². The largest absolute Gasteiger partial charge is 0.494 e. The molecular formula is C20H27N3O2. The zero-order valence-corrected chi connectivity index (χ0v) is 14.9. The Labute approximate surface area is 149 Å². The van der Waals surface area contributed by atoms with Crippen LogP contribution in [-0.4, -0.2) is 40.1 Å². The molecule has 1 amide bonds. The Balaban J connectivity index is 1.45. The highest BCUT2D eigenvalue weighted by atomic mass is 16.5. The molecule has 0 spiro atoms. The third kappa shape index (κ3) is 4.62. The van der Waals surface area contributed by atoms with Crippen molar-refractivity contribution in [2.75, 3.05) is 19.7 Å². The second-order valence-corrected chi connectivity index (χ2v) is 6.52. The van der Waals surface area contributed by atoms with Gasteiger partial charge in [-0.05, 0) is 38.3 Å². The van der Waals surface area contributed by atoms with Crippen LogP contribution in [0.15, 0.2) is 42.7 Å². The van der Waals surface area contributed by atoms with Crippen LogP contribution < -0.4 is 4.74 Å². The van der Waals surface area contributed by atoms with Crippen molar-refractivity contribution >= 4 is 5.91 Å². The molecule has 2 heterocycles. The molecule has 0 radical (unpaired) electrons. The minimum atomic E-state index is 0.232. The highest BCUT2D eigenvalue weighted by molar-refractivity contribution is 5.76. The number of amides is 1. The van der Waals surface area contributed by atoms with Gasteiger partial charge in [0.2, 0.25) is 5.91 Å². The van der Waals surface area contributed by atoms with Crippen LogP contribution in [0, 0.1) is 0 Å². The van der Waals surface area contributed by atoms with E-state index in [9.17, 15) is 4.79 Å². The van der Waals surface area contributed by atoms with Gasteiger partial charge in [-0.15, -0.1) is 0 Å². The van der Waals surface area contributed by atoms with Gasteiger partial charge in [-0.2, -0.15) is 0 Å². The molecule has 1 aliphatic heterocycles. The lowest BCUT2D eigenvalue weighted by Gasteiger charge is -2.32.